The maximum atomic E-state index is 9.80. The van der Waals surface area contributed by atoms with Gasteiger partial charge >= 0.3 is 0 Å². The number of halogens is 1. The molecule has 1 aliphatic rings. The summed E-state index contributed by atoms with van der Waals surface area (Å²) in [6, 6.07) is 8.15. The predicted molar refractivity (Wildman–Crippen MR) is 83.5 cm³/mol. The van der Waals surface area contributed by atoms with E-state index in [4.69, 9.17) is 0 Å². The van der Waals surface area contributed by atoms with Crippen molar-refractivity contribution in [1.82, 2.24) is 4.90 Å². The minimum atomic E-state index is -0.162. The van der Waals surface area contributed by atoms with Gasteiger partial charge in [0.05, 0.1) is 12.1 Å². The number of anilines is 1. The van der Waals surface area contributed by atoms with Crippen LogP contribution in [0.1, 0.15) is 26.2 Å². The highest BCUT2D eigenvalue weighted by Gasteiger charge is 2.33. The summed E-state index contributed by atoms with van der Waals surface area (Å²) in [7, 11) is 0. The lowest BCUT2D eigenvalue weighted by molar-refractivity contribution is 0.119. The first-order valence-corrected chi connectivity index (χ1v) is 7.84. The van der Waals surface area contributed by atoms with E-state index < -0.39 is 0 Å². The van der Waals surface area contributed by atoms with E-state index in [1.165, 1.54) is 13.0 Å². The molecular weight excluding hydrogens is 304 g/mol. The first kappa shape index (κ1) is 14.8. The molecule has 1 aliphatic heterocycles. The molecule has 0 spiro atoms. The van der Waals surface area contributed by atoms with Crippen molar-refractivity contribution in [3.8, 4) is 0 Å². The molecule has 106 valence electrons. The third-order valence-electron chi connectivity index (χ3n) is 3.89. The minimum absolute atomic E-state index is 0.162. The van der Waals surface area contributed by atoms with E-state index in [0.29, 0.717) is 0 Å². The SMILES string of the molecule is CCCN1CCC(CO)(Nc2cccc(Br)c2)CC1. The van der Waals surface area contributed by atoms with Crippen LogP contribution in [0.25, 0.3) is 0 Å². The van der Waals surface area contributed by atoms with Crippen LogP contribution >= 0.6 is 15.9 Å². The molecule has 3 nitrogen and oxygen atoms in total. The lowest BCUT2D eigenvalue weighted by atomic mass is 9.88. The molecule has 0 unspecified atom stereocenters. The van der Waals surface area contributed by atoms with Crippen molar-refractivity contribution < 1.29 is 5.11 Å². The third kappa shape index (κ3) is 3.94. The number of rotatable bonds is 5. The van der Waals surface area contributed by atoms with Gasteiger partial charge in [0.15, 0.2) is 0 Å². The minimum Gasteiger partial charge on any atom is -0.394 e. The zero-order chi connectivity index (χ0) is 13.7. The van der Waals surface area contributed by atoms with Gasteiger partial charge in [-0.25, -0.2) is 0 Å². The van der Waals surface area contributed by atoms with Crippen LogP contribution in [0.5, 0.6) is 0 Å². The van der Waals surface area contributed by atoms with E-state index >= 15 is 0 Å². The molecule has 0 bridgehead atoms. The van der Waals surface area contributed by atoms with Crippen LogP contribution < -0.4 is 5.32 Å². The summed E-state index contributed by atoms with van der Waals surface area (Å²) in [4.78, 5) is 2.48. The van der Waals surface area contributed by atoms with E-state index in [2.05, 4.69) is 45.2 Å². The smallest absolute Gasteiger partial charge is 0.0662 e. The van der Waals surface area contributed by atoms with Crippen molar-refractivity contribution in [2.24, 2.45) is 0 Å². The van der Waals surface area contributed by atoms with Crippen molar-refractivity contribution in [1.29, 1.82) is 0 Å². The van der Waals surface area contributed by atoms with Gasteiger partial charge in [-0.05, 0) is 44.0 Å². The number of benzene rings is 1. The van der Waals surface area contributed by atoms with Gasteiger partial charge in [0.25, 0.3) is 0 Å². The first-order valence-electron chi connectivity index (χ1n) is 7.04. The van der Waals surface area contributed by atoms with Crippen LogP contribution in [-0.2, 0) is 0 Å². The highest BCUT2D eigenvalue weighted by molar-refractivity contribution is 9.10. The zero-order valence-electron chi connectivity index (χ0n) is 11.5. The van der Waals surface area contributed by atoms with Gasteiger partial charge in [0.1, 0.15) is 0 Å². The fraction of sp³-hybridized carbons (Fsp3) is 0.600. The summed E-state index contributed by atoms with van der Waals surface area (Å²) in [5, 5.41) is 13.3. The van der Waals surface area contributed by atoms with Gasteiger partial charge in [-0.2, -0.15) is 0 Å². The molecule has 1 fully saturated rings. The quantitative estimate of drug-likeness (QED) is 0.872. The standard InChI is InChI=1S/C15H23BrN2O/c1-2-8-18-9-6-15(12-19,7-10-18)17-14-5-3-4-13(16)11-14/h3-5,11,17,19H,2,6-10,12H2,1H3. The van der Waals surface area contributed by atoms with Crippen molar-refractivity contribution >= 4 is 21.6 Å². The lowest BCUT2D eigenvalue weighted by Crippen LogP contribution is -2.51. The lowest BCUT2D eigenvalue weighted by Gasteiger charge is -2.42. The number of hydrogen-bond acceptors (Lipinski definition) is 3. The third-order valence-corrected chi connectivity index (χ3v) is 4.38. The molecule has 0 atom stereocenters. The Morgan fingerprint density at radius 1 is 1.37 bits per heavy atom. The first-order chi connectivity index (χ1) is 9.17. The summed E-state index contributed by atoms with van der Waals surface area (Å²) in [5.74, 6) is 0. The fourth-order valence-corrected chi connectivity index (χ4v) is 3.12. The van der Waals surface area contributed by atoms with E-state index in [1.54, 1.807) is 0 Å². The largest absolute Gasteiger partial charge is 0.394 e. The average molecular weight is 327 g/mol. The van der Waals surface area contributed by atoms with Gasteiger partial charge in [-0.3, -0.25) is 0 Å². The molecule has 1 heterocycles. The number of piperidine rings is 1. The molecule has 0 saturated carbocycles. The van der Waals surface area contributed by atoms with E-state index in [9.17, 15) is 5.11 Å². The fourth-order valence-electron chi connectivity index (χ4n) is 2.72. The van der Waals surface area contributed by atoms with Crippen molar-refractivity contribution in [2.75, 3.05) is 31.6 Å². The topological polar surface area (TPSA) is 35.5 Å². The Kier molecular flexibility index (Phi) is 5.25. The molecule has 0 radical (unpaired) electrons. The normalized spacial score (nSPS) is 19.3. The Labute approximate surface area is 124 Å². The van der Waals surface area contributed by atoms with Crippen LogP contribution in [0.15, 0.2) is 28.7 Å². The van der Waals surface area contributed by atoms with Crippen LogP contribution in [0, 0.1) is 0 Å². The summed E-state index contributed by atoms with van der Waals surface area (Å²) in [6.45, 7) is 5.70. The number of hydrogen-bond donors (Lipinski definition) is 2. The summed E-state index contributed by atoms with van der Waals surface area (Å²) in [5.41, 5.74) is 0.915. The van der Waals surface area contributed by atoms with E-state index in [1.807, 2.05) is 12.1 Å². The molecule has 2 N–H and O–H groups in total. The number of likely N-dealkylation sites (tertiary alicyclic amines) is 1. The molecule has 19 heavy (non-hydrogen) atoms. The molecule has 0 aromatic heterocycles. The van der Waals surface area contributed by atoms with Crippen molar-refractivity contribution in [3.63, 3.8) is 0 Å². The van der Waals surface area contributed by atoms with Crippen molar-refractivity contribution in [3.05, 3.63) is 28.7 Å². The Morgan fingerprint density at radius 3 is 2.68 bits per heavy atom. The maximum absolute atomic E-state index is 9.80. The molecule has 0 amide bonds. The van der Waals surface area contributed by atoms with Crippen LogP contribution in [-0.4, -0.2) is 41.8 Å². The molecule has 1 aromatic carbocycles. The van der Waals surface area contributed by atoms with Gasteiger partial charge in [0.2, 0.25) is 0 Å². The molecule has 1 aromatic rings. The highest BCUT2D eigenvalue weighted by Crippen LogP contribution is 2.28. The zero-order valence-corrected chi connectivity index (χ0v) is 13.1. The Bertz CT molecular complexity index is 403. The number of nitrogens with zero attached hydrogens (tertiary/aromatic N) is 1. The Balaban J connectivity index is 2.00. The second-order valence-corrected chi connectivity index (χ2v) is 6.33. The van der Waals surface area contributed by atoms with Crippen LogP contribution in [0.4, 0.5) is 5.69 Å². The van der Waals surface area contributed by atoms with Gasteiger partial charge in [0, 0.05) is 23.2 Å². The second kappa shape index (κ2) is 6.73. The molecular formula is C15H23BrN2O. The van der Waals surface area contributed by atoms with Crippen LogP contribution in [0.3, 0.4) is 0 Å². The molecule has 4 heteroatoms. The monoisotopic (exact) mass is 326 g/mol. The summed E-state index contributed by atoms with van der Waals surface area (Å²) in [6.07, 6.45) is 3.19. The average Bonchev–Trinajstić information content (AvgIpc) is 2.42. The molecule has 1 saturated heterocycles. The summed E-state index contributed by atoms with van der Waals surface area (Å²) >= 11 is 3.49. The maximum Gasteiger partial charge on any atom is 0.0662 e. The molecule has 2 rings (SSSR count). The second-order valence-electron chi connectivity index (χ2n) is 5.42. The highest BCUT2D eigenvalue weighted by atomic mass is 79.9. The van der Waals surface area contributed by atoms with Crippen molar-refractivity contribution in [2.45, 2.75) is 31.7 Å². The van der Waals surface area contributed by atoms with Crippen LogP contribution in [0.2, 0.25) is 0 Å². The summed E-state index contributed by atoms with van der Waals surface area (Å²) < 4.78 is 1.06. The number of aliphatic hydroxyl groups excluding tert-OH is 1. The number of nitrogens with one attached hydrogen (secondary N) is 1. The van der Waals surface area contributed by atoms with Gasteiger partial charge in [-0.15, -0.1) is 0 Å². The van der Waals surface area contributed by atoms with E-state index in [0.717, 1.165) is 36.1 Å². The Morgan fingerprint density at radius 2 is 2.11 bits per heavy atom. The Hall–Kier alpha value is -0.580. The predicted octanol–water partition coefficient (Wildman–Crippen LogP) is 3.10. The van der Waals surface area contributed by atoms with Gasteiger partial charge in [-0.1, -0.05) is 28.9 Å². The molecule has 0 aliphatic carbocycles. The van der Waals surface area contributed by atoms with E-state index in [-0.39, 0.29) is 12.1 Å². The van der Waals surface area contributed by atoms with Gasteiger partial charge < -0.3 is 15.3 Å². The number of aliphatic hydroxyl groups is 1.